The van der Waals surface area contributed by atoms with Crippen LogP contribution >= 0.6 is 0 Å². The summed E-state index contributed by atoms with van der Waals surface area (Å²) in [6.45, 7) is 6.20. The maximum atomic E-state index is 13.6. The van der Waals surface area contributed by atoms with E-state index in [4.69, 9.17) is 0 Å². The van der Waals surface area contributed by atoms with Gasteiger partial charge in [0.15, 0.2) is 0 Å². The lowest BCUT2D eigenvalue weighted by atomic mass is 9.64. The van der Waals surface area contributed by atoms with Crippen molar-refractivity contribution in [2.75, 3.05) is 5.01 Å². The molecule has 0 aromatic heterocycles. The molecule has 4 nitrogen and oxygen atoms in total. The van der Waals surface area contributed by atoms with Crippen molar-refractivity contribution in [3.63, 3.8) is 0 Å². The van der Waals surface area contributed by atoms with E-state index in [2.05, 4.69) is 19.3 Å². The van der Waals surface area contributed by atoms with Crippen molar-refractivity contribution in [1.29, 1.82) is 0 Å². The fraction of sp³-hybridized carbons (Fsp3) is 0.391. The smallest absolute Gasteiger partial charge is 0.246 e. The molecule has 2 saturated carbocycles. The highest BCUT2D eigenvalue weighted by Gasteiger charge is 2.72. The number of hydrogen-bond donors (Lipinski definition) is 1. The fourth-order valence-electron chi connectivity index (χ4n) is 5.00. The second-order valence-electron chi connectivity index (χ2n) is 8.59. The van der Waals surface area contributed by atoms with Gasteiger partial charge in [0.2, 0.25) is 5.91 Å². The molecule has 0 radical (unpaired) electrons. The highest BCUT2D eigenvalue weighted by molar-refractivity contribution is 6.00. The van der Waals surface area contributed by atoms with Crippen LogP contribution in [0.4, 0.5) is 11.4 Å². The van der Waals surface area contributed by atoms with Crippen LogP contribution in [0.15, 0.2) is 60.7 Å². The minimum absolute atomic E-state index is 0.0604. The molecule has 0 spiro atoms. The highest BCUT2D eigenvalue weighted by Crippen LogP contribution is 2.70. The average molecular weight is 362 g/mol. The van der Waals surface area contributed by atoms with E-state index in [1.54, 1.807) is 0 Å². The molecule has 2 atom stereocenters. The Morgan fingerprint density at radius 1 is 0.889 bits per heavy atom. The second-order valence-corrected chi connectivity index (χ2v) is 8.59. The molecule has 140 valence electrons. The number of ketones is 1. The Kier molecular flexibility index (Phi) is 3.91. The number of Topliss-reactive ketones (excluding diaryl/α,β-unsaturated/α-hetero) is 1. The molecule has 2 aliphatic rings. The van der Waals surface area contributed by atoms with Gasteiger partial charge in [-0.1, -0.05) is 57.2 Å². The molecule has 4 heteroatoms. The average Bonchev–Trinajstić information content (AvgIpc) is 2.97. The number of hydrazine groups is 1. The molecule has 4 rings (SSSR count). The lowest BCUT2D eigenvalue weighted by molar-refractivity contribution is -0.136. The van der Waals surface area contributed by atoms with Crippen LogP contribution in [0.2, 0.25) is 0 Å². The molecule has 1 N–H and O–H groups in total. The molecule has 1 amide bonds. The van der Waals surface area contributed by atoms with Gasteiger partial charge in [-0.25, -0.2) is 0 Å². The van der Waals surface area contributed by atoms with Gasteiger partial charge in [-0.05, 0) is 42.5 Å². The van der Waals surface area contributed by atoms with Crippen LogP contribution in [0.5, 0.6) is 0 Å². The van der Waals surface area contributed by atoms with Crippen molar-refractivity contribution in [3.05, 3.63) is 60.7 Å². The fourth-order valence-corrected chi connectivity index (χ4v) is 5.00. The van der Waals surface area contributed by atoms with Crippen molar-refractivity contribution >= 4 is 23.1 Å². The van der Waals surface area contributed by atoms with Crippen molar-refractivity contribution in [1.82, 2.24) is 5.43 Å². The third kappa shape index (κ3) is 2.35. The summed E-state index contributed by atoms with van der Waals surface area (Å²) in [7, 11) is 0. The topological polar surface area (TPSA) is 49.4 Å². The van der Waals surface area contributed by atoms with Crippen molar-refractivity contribution in [2.24, 2.45) is 16.2 Å². The summed E-state index contributed by atoms with van der Waals surface area (Å²) in [5.74, 6) is 0.162. The Labute approximate surface area is 160 Å². The first-order chi connectivity index (χ1) is 12.8. The van der Waals surface area contributed by atoms with Gasteiger partial charge in [-0.3, -0.25) is 20.0 Å². The number of benzene rings is 2. The number of rotatable bonds is 4. The molecule has 27 heavy (non-hydrogen) atoms. The molecule has 2 aromatic rings. The quantitative estimate of drug-likeness (QED) is 0.806. The minimum Gasteiger partial charge on any atom is -0.299 e. The van der Waals surface area contributed by atoms with Crippen LogP contribution in [0.3, 0.4) is 0 Å². The molecule has 0 saturated heterocycles. The standard InChI is InChI=1S/C23H26N2O2/c1-21(2)22(3)14-15-23(21,16-19(22)26)20(27)24-25(17-10-6-4-7-11-17)18-12-8-5-9-13-18/h4-13H,14-16H2,1-3H3,(H,24,27)/t22-,23-/m0/s1. The number of carbonyl (C=O) groups is 2. The summed E-state index contributed by atoms with van der Waals surface area (Å²) in [6, 6.07) is 19.6. The van der Waals surface area contributed by atoms with Crippen LogP contribution in [-0.4, -0.2) is 11.7 Å². The third-order valence-electron chi connectivity index (χ3n) is 7.38. The predicted molar refractivity (Wildman–Crippen MR) is 106 cm³/mol. The second kappa shape index (κ2) is 5.95. The van der Waals surface area contributed by atoms with E-state index in [1.165, 1.54) is 0 Å². The Morgan fingerprint density at radius 3 is 1.81 bits per heavy atom. The van der Waals surface area contributed by atoms with Crippen LogP contribution in [0.25, 0.3) is 0 Å². The van der Waals surface area contributed by atoms with E-state index in [0.29, 0.717) is 6.42 Å². The first kappa shape index (κ1) is 17.8. The predicted octanol–water partition coefficient (Wildman–Crippen LogP) is 4.64. The summed E-state index contributed by atoms with van der Waals surface area (Å²) < 4.78 is 0. The first-order valence-corrected chi connectivity index (χ1v) is 9.56. The van der Waals surface area contributed by atoms with Gasteiger partial charge in [0.1, 0.15) is 5.78 Å². The summed E-state index contributed by atoms with van der Waals surface area (Å²) in [4.78, 5) is 26.3. The number of nitrogens with zero attached hydrogens (tertiary/aromatic N) is 1. The van der Waals surface area contributed by atoms with Crippen molar-refractivity contribution < 1.29 is 9.59 Å². The molecule has 2 aromatic carbocycles. The van der Waals surface area contributed by atoms with Gasteiger partial charge in [0.25, 0.3) is 0 Å². The lowest BCUT2D eigenvalue weighted by Crippen LogP contribution is -2.51. The van der Waals surface area contributed by atoms with Crippen molar-refractivity contribution in [3.8, 4) is 0 Å². The van der Waals surface area contributed by atoms with Crippen LogP contribution < -0.4 is 10.4 Å². The zero-order valence-electron chi connectivity index (χ0n) is 16.2. The van der Waals surface area contributed by atoms with E-state index in [-0.39, 0.29) is 17.1 Å². The zero-order chi connectivity index (χ0) is 19.3. The summed E-state index contributed by atoms with van der Waals surface area (Å²) >= 11 is 0. The van der Waals surface area contributed by atoms with Gasteiger partial charge in [-0.15, -0.1) is 0 Å². The number of amides is 1. The van der Waals surface area contributed by atoms with Gasteiger partial charge in [-0.2, -0.15) is 0 Å². The number of nitrogens with one attached hydrogen (secondary N) is 1. The maximum Gasteiger partial charge on any atom is 0.246 e. The molecule has 2 aliphatic carbocycles. The van der Waals surface area contributed by atoms with Crippen LogP contribution in [0.1, 0.15) is 40.0 Å². The summed E-state index contributed by atoms with van der Waals surface area (Å²) in [6.07, 6.45) is 1.87. The molecule has 2 fully saturated rings. The van der Waals surface area contributed by atoms with Gasteiger partial charge in [0, 0.05) is 11.8 Å². The number of para-hydroxylation sites is 2. The zero-order valence-corrected chi connectivity index (χ0v) is 16.2. The number of carbonyl (C=O) groups excluding carboxylic acids is 2. The van der Waals surface area contributed by atoms with Gasteiger partial charge in [0.05, 0.1) is 16.8 Å². The molecule has 0 unspecified atom stereocenters. The Hall–Kier alpha value is -2.62. The molecule has 0 aliphatic heterocycles. The monoisotopic (exact) mass is 362 g/mol. The largest absolute Gasteiger partial charge is 0.299 e. The Bertz CT molecular complexity index is 838. The lowest BCUT2D eigenvalue weighted by Gasteiger charge is -2.40. The molecule has 0 heterocycles. The van der Waals surface area contributed by atoms with E-state index in [9.17, 15) is 9.59 Å². The molecular formula is C23H26N2O2. The van der Waals surface area contributed by atoms with Gasteiger partial charge < -0.3 is 0 Å². The van der Waals surface area contributed by atoms with Crippen molar-refractivity contribution in [2.45, 2.75) is 40.0 Å². The Morgan fingerprint density at radius 2 is 1.41 bits per heavy atom. The van der Waals surface area contributed by atoms with E-state index < -0.39 is 10.8 Å². The van der Waals surface area contributed by atoms with E-state index in [1.807, 2.05) is 72.6 Å². The van der Waals surface area contributed by atoms with Gasteiger partial charge >= 0.3 is 0 Å². The summed E-state index contributed by atoms with van der Waals surface area (Å²) in [5.41, 5.74) is 3.50. The number of anilines is 2. The molecule has 2 bridgehead atoms. The van der Waals surface area contributed by atoms with E-state index >= 15 is 0 Å². The minimum atomic E-state index is -0.652. The number of fused-ring (bicyclic) bond motifs is 2. The Balaban J connectivity index is 1.71. The normalized spacial score (nSPS) is 28.2. The van der Waals surface area contributed by atoms with E-state index in [0.717, 1.165) is 24.2 Å². The maximum absolute atomic E-state index is 13.6. The van der Waals surface area contributed by atoms with Crippen LogP contribution in [-0.2, 0) is 9.59 Å². The number of hydrogen-bond acceptors (Lipinski definition) is 3. The highest BCUT2D eigenvalue weighted by atomic mass is 16.2. The first-order valence-electron chi connectivity index (χ1n) is 9.56. The molecular weight excluding hydrogens is 336 g/mol. The SMILES string of the molecule is CC1(C)[C@@]2(C(=O)NN(c3ccccc3)c3ccccc3)CC[C@@]1(C)C(=O)C2. The third-order valence-corrected chi connectivity index (χ3v) is 7.38. The summed E-state index contributed by atoms with van der Waals surface area (Å²) in [5, 5.41) is 1.83. The van der Waals surface area contributed by atoms with Crippen LogP contribution in [0, 0.1) is 16.2 Å².